The van der Waals surface area contributed by atoms with Gasteiger partial charge in [0.2, 0.25) is 11.8 Å². The quantitative estimate of drug-likeness (QED) is 0.204. The molecule has 1 aliphatic carbocycles. The van der Waals surface area contributed by atoms with E-state index < -0.39 is 33.4 Å². The van der Waals surface area contributed by atoms with Crippen molar-refractivity contribution in [3.8, 4) is 11.5 Å². The summed E-state index contributed by atoms with van der Waals surface area (Å²) in [6.45, 7) is 1.87. The Hall–Kier alpha value is -4.64. The van der Waals surface area contributed by atoms with Crippen LogP contribution < -0.4 is 20.7 Å². The number of hydrogen-bond donors (Lipinski definition) is 4. The van der Waals surface area contributed by atoms with Gasteiger partial charge in [-0.2, -0.15) is 8.42 Å². The highest BCUT2D eigenvalue weighted by Crippen LogP contribution is 2.49. The predicted octanol–water partition coefficient (Wildman–Crippen LogP) is 3.85. The summed E-state index contributed by atoms with van der Waals surface area (Å²) in [6, 6.07) is 15.7. The van der Waals surface area contributed by atoms with Crippen LogP contribution >= 0.6 is 0 Å². The average molecular weight is 659 g/mol. The molecule has 16 heteroatoms. The van der Waals surface area contributed by atoms with Gasteiger partial charge in [-0.3, -0.25) is 28.9 Å². The molecule has 46 heavy (non-hydrogen) atoms. The highest BCUT2D eigenvalue weighted by atomic mass is 32.3. The zero-order valence-corrected chi connectivity index (χ0v) is 26.0. The van der Waals surface area contributed by atoms with Crippen molar-refractivity contribution in [2.75, 3.05) is 37.4 Å². The molecule has 0 atom stereocenters. The highest BCUT2D eigenvalue weighted by Gasteiger charge is 2.57. The third kappa shape index (κ3) is 8.75. The number of nitrogens with two attached hydrogens (primary N) is 1. The van der Waals surface area contributed by atoms with Crippen molar-refractivity contribution in [3.63, 3.8) is 0 Å². The second kappa shape index (κ2) is 14.2. The molecule has 4 amide bonds. The van der Waals surface area contributed by atoms with Gasteiger partial charge in [0.15, 0.2) is 5.82 Å². The Bertz CT molecular complexity index is 1670. The van der Waals surface area contributed by atoms with E-state index in [-0.39, 0.29) is 23.5 Å². The number of urea groups is 1. The van der Waals surface area contributed by atoms with Gasteiger partial charge in [0, 0.05) is 37.1 Å². The first kappa shape index (κ1) is 34.2. The largest absolute Gasteiger partial charge is 0.457 e. The smallest absolute Gasteiger partial charge is 0.394 e. The number of piperidine rings is 1. The summed E-state index contributed by atoms with van der Waals surface area (Å²) in [5, 5.41) is 2.80. The number of rotatable bonds is 8. The molecule has 3 aromatic rings. The SMILES string of the molecule is CN1CCC(N(C)C(=O)Nc2cc(Oc3ccc(N(C(=O)C4(C(N)=O)CC4)c4ccccc4)c(F)c3)ccn2)CC1.O=S(=O)(O)O. The van der Waals surface area contributed by atoms with Crippen LogP contribution in [-0.4, -0.2) is 83.4 Å². The molecule has 0 radical (unpaired) electrons. The molecule has 1 aromatic heterocycles. The van der Waals surface area contributed by atoms with Crippen molar-refractivity contribution in [2.45, 2.75) is 31.7 Å². The van der Waals surface area contributed by atoms with Crippen LogP contribution in [0.1, 0.15) is 25.7 Å². The van der Waals surface area contributed by atoms with Crippen molar-refractivity contribution in [2.24, 2.45) is 11.1 Å². The summed E-state index contributed by atoms with van der Waals surface area (Å²) in [4.78, 5) is 47.7. The molecule has 2 heterocycles. The number of pyridine rings is 1. The molecule has 1 aliphatic heterocycles. The molecule has 14 nitrogen and oxygen atoms in total. The number of halogens is 1. The number of hydrogen-bond acceptors (Lipinski definition) is 8. The van der Waals surface area contributed by atoms with Crippen LogP contribution in [0.5, 0.6) is 11.5 Å². The standard InChI is InChI=1S/C30H33FN6O4.H2O4S/c1-35-16-11-20(12-17-35)36(2)29(40)34-26-19-23(10-15-33-26)41-22-8-9-25(24(31)18-22)37(21-6-4-3-5-7-21)28(39)30(13-14-30)27(32)38;1-5(2,3)4/h3-10,15,18-20H,11-14,16-17H2,1-2H3,(H2,32,38)(H,33,34,40);(H2,1,2,3,4). The van der Waals surface area contributed by atoms with Crippen LogP contribution in [0.3, 0.4) is 0 Å². The minimum absolute atomic E-state index is 0.0271. The Balaban J connectivity index is 0.000000892. The lowest BCUT2D eigenvalue weighted by molar-refractivity contribution is -0.133. The van der Waals surface area contributed by atoms with Crippen molar-refractivity contribution in [3.05, 3.63) is 72.7 Å². The zero-order chi connectivity index (χ0) is 33.6. The zero-order valence-electron chi connectivity index (χ0n) is 25.2. The summed E-state index contributed by atoms with van der Waals surface area (Å²) in [5.74, 6) is -1.19. The Labute approximate surface area is 265 Å². The molecule has 5 N–H and O–H groups in total. The molecular weight excluding hydrogens is 623 g/mol. The van der Waals surface area contributed by atoms with E-state index in [9.17, 15) is 14.4 Å². The first-order chi connectivity index (χ1) is 21.7. The lowest BCUT2D eigenvalue weighted by atomic mass is 10.0. The average Bonchev–Trinajstić information content (AvgIpc) is 3.81. The number of carbonyl (C=O) groups is 3. The number of anilines is 3. The second-order valence-corrected chi connectivity index (χ2v) is 11.9. The molecule has 0 unspecified atom stereocenters. The number of para-hydroxylation sites is 1. The molecule has 5 rings (SSSR count). The number of nitrogens with zero attached hydrogens (tertiary/aromatic N) is 4. The van der Waals surface area contributed by atoms with Crippen LogP contribution in [0, 0.1) is 11.2 Å². The van der Waals surface area contributed by atoms with Gasteiger partial charge in [0.1, 0.15) is 22.7 Å². The van der Waals surface area contributed by atoms with Crippen LogP contribution in [0.2, 0.25) is 0 Å². The number of amides is 4. The van der Waals surface area contributed by atoms with Gasteiger partial charge in [-0.05, 0) is 76.2 Å². The summed E-state index contributed by atoms with van der Waals surface area (Å²) in [7, 11) is -0.828. The molecule has 246 valence electrons. The fourth-order valence-electron chi connectivity index (χ4n) is 5.00. The first-order valence-electron chi connectivity index (χ1n) is 14.2. The lowest BCUT2D eigenvalue weighted by Crippen LogP contribution is -2.46. The summed E-state index contributed by atoms with van der Waals surface area (Å²) < 4.78 is 53.0. The van der Waals surface area contributed by atoms with E-state index in [1.165, 1.54) is 23.2 Å². The minimum Gasteiger partial charge on any atom is -0.457 e. The molecular formula is C30H35FN6O8S. The normalized spacial score (nSPS) is 15.9. The van der Waals surface area contributed by atoms with E-state index in [1.807, 2.05) is 0 Å². The number of primary amides is 1. The van der Waals surface area contributed by atoms with E-state index in [1.54, 1.807) is 54.4 Å². The van der Waals surface area contributed by atoms with E-state index in [0.29, 0.717) is 30.1 Å². The fourth-order valence-corrected chi connectivity index (χ4v) is 5.00. The number of aromatic nitrogens is 1. The maximum atomic E-state index is 15.5. The van der Waals surface area contributed by atoms with Gasteiger partial charge in [0.25, 0.3) is 0 Å². The van der Waals surface area contributed by atoms with Crippen molar-refractivity contribution in [1.29, 1.82) is 0 Å². The third-order valence-corrected chi connectivity index (χ3v) is 7.77. The second-order valence-electron chi connectivity index (χ2n) is 11.0. The van der Waals surface area contributed by atoms with Gasteiger partial charge in [-0.25, -0.2) is 14.2 Å². The van der Waals surface area contributed by atoms with E-state index >= 15 is 4.39 Å². The molecule has 0 spiro atoms. The lowest BCUT2D eigenvalue weighted by Gasteiger charge is -2.34. The molecule has 2 fully saturated rings. The van der Waals surface area contributed by atoms with Gasteiger partial charge in [-0.1, -0.05) is 18.2 Å². The highest BCUT2D eigenvalue weighted by molar-refractivity contribution is 7.79. The maximum absolute atomic E-state index is 15.5. The molecule has 2 aromatic carbocycles. The number of benzene rings is 2. The van der Waals surface area contributed by atoms with Crippen LogP contribution in [0.4, 0.5) is 26.4 Å². The molecule has 2 aliphatic rings. The monoisotopic (exact) mass is 658 g/mol. The van der Waals surface area contributed by atoms with Gasteiger partial charge < -0.3 is 20.3 Å². The van der Waals surface area contributed by atoms with Crippen molar-refractivity contribution < 1.29 is 41.0 Å². The fraction of sp³-hybridized carbons (Fsp3) is 0.333. The predicted molar refractivity (Wildman–Crippen MR) is 167 cm³/mol. The van der Waals surface area contributed by atoms with E-state index in [4.69, 9.17) is 28.0 Å². The van der Waals surface area contributed by atoms with Gasteiger partial charge in [-0.15, -0.1) is 0 Å². The summed E-state index contributed by atoms with van der Waals surface area (Å²) in [5.41, 5.74) is 4.59. The maximum Gasteiger partial charge on any atom is 0.394 e. The van der Waals surface area contributed by atoms with E-state index in [2.05, 4.69) is 22.2 Å². The van der Waals surface area contributed by atoms with Crippen molar-refractivity contribution in [1.82, 2.24) is 14.8 Å². The van der Waals surface area contributed by atoms with Crippen molar-refractivity contribution >= 4 is 45.4 Å². The van der Waals surface area contributed by atoms with E-state index in [0.717, 1.165) is 32.0 Å². The summed E-state index contributed by atoms with van der Waals surface area (Å²) in [6.07, 6.45) is 3.93. The Morgan fingerprint density at radius 1 is 1.04 bits per heavy atom. The molecule has 1 saturated heterocycles. The van der Waals surface area contributed by atoms with Gasteiger partial charge >= 0.3 is 16.4 Å². The first-order valence-corrected chi connectivity index (χ1v) is 15.6. The number of ether oxygens (including phenoxy) is 1. The number of carbonyl (C=O) groups excluding carboxylic acids is 3. The molecule has 0 bridgehead atoms. The Morgan fingerprint density at radius 2 is 1.65 bits per heavy atom. The minimum atomic E-state index is -4.67. The Morgan fingerprint density at radius 3 is 2.22 bits per heavy atom. The molecule has 1 saturated carbocycles. The number of likely N-dealkylation sites (tertiary alicyclic amines) is 1. The third-order valence-electron chi connectivity index (χ3n) is 7.77. The number of nitrogens with one attached hydrogen (secondary N) is 1. The van der Waals surface area contributed by atoms with Crippen LogP contribution in [0.15, 0.2) is 66.9 Å². The topological polar surface area (TPSA) is 196 Å². The van der Waals surface area contributed by atoms with Gasteiger partial charge in [0.05, 0.1) is 5.69 Å². The van der Waals surface area contributed by atoms with Crippen LogP contribution in [-0.2, 0) is 20.0 Å². The summed E-state index contributed by atoms with van der Waals surface area (Å²) >= 11 is 0. The van der Waals surface area contributed by atoms with Crippen LogP contribution in [0.25, 0.3) is 0 Å². The Kier molecular flexibility index (Phi) is 10.6.